The standard InChI is InChI=1S/C18H22N4O2/c1-14-4-2-5-16(20-14)17(23)21-8-3-6-18(12-21)10-15(11-24-18)22-9-7-19-13-22/h2,4-5,7,9,13,15H,3,6,8,10-12H2,1H3/t15-,18+/m0/s1. The molecule has 0 saturated carbocycles. The van der Waals surface area contributed by atoms with Crippen molar-refractivity contribution in [2.75, 3.05) is 19.7 Å². The largest absolute Gasteiger partial charge is 0.371 e. The van der Waals surface area contributed by atoms with E-state index in [1.54, 1.807) is 12.3 Å². The van der Waals surface area contributed by atoms with Gasteiger partial charge in [-0.05, 0) is 31.9 Å². The number of imidazole rings is 1. The summed E-state index contributed by atoms with van der Waals surface area (Å²) in [6.45, 7) is 4.01. The van der Waals surface area contributed by atoms with Gasteiger partial charge in [0.15, 0.2) is 0 Å². The summed E-state index contributed by atoms with van der Waals surface area (Å²) in [7, 11) is 0. The highest BCUT2D eigenvalue weighted by Crippen LogP contribution is 2.39. The van der Waals surface area contributed by atoms with Crippen LogP contribution in [0.3, 0.4) is 0 Å². The molecule has 0 N–H and O–H groups in total. The molecule has 2 aliphatic rings. The van der Waals surface area contributed by atoms with Crippen molar-refractivity contribution >= 4 is 5.91 Å². The second kappa shape index (κ2) is 6.02. The van der Waals surface area contributed by atoms with Gasteiger partial charge in [-0.3, -0.25) is 4.79 Å². The zero-order chi connectivity index (χ0) is 16.6. The molecule has 4 heterocycles. The molecular formula is C18H22N4O2. The van der Waals surface area contributed by atoms with Crippen LogP contribution in [0.15, 0.2) is 36.9 Å². The molecule has 1 amide bonds. The summed E-state index contributed by atoms with van der Waals surface area (Å²) in [5.74, 6) is 0.00690. The first-order valence-electron chi connectivity index (χ1n) is 8.50. The number of rotatable bonds is 2. The van der Waals surface area contributed by atoms with Gasteiger partial charge in [0, 0.05) is 31.1 Å². The third-order valence-electron chi connectivity index (χ3n) is 5.07. The van der Waals surface area contributed by atoms with Crippen molar-refractivity contribution in [1.82, 2.24) is 19.4 Å². The number of piperidine rings is 1. The Bertz CT molecular complexity index is 730. The smallest absolute Gasteiger partial charge is 0.272 e. The minimum atomic E-state index is -0.229. The van der Waals surface area contributed by atoms with Crippen LogP contribution >= 0.6 is 0 Å². The lowest BCUT2D eigenvalue weighted by Crippen LogP contribution is -2.50. The number of amides is 1. The Kier molecular flexibility index (Phi) is 3.84. The van der Waals surface area contributed by atoms with E-state index in [9.17, 15) is 4.79 Å². The van der Waals surface area contributed by atoms with Gasteiger partial charge in [0.2, 0.25) is 0 Å². The Morgan fingerprint density at radius 3 is 3.12 bits per heavy atom. The minimum Gasteiger partial charge on any atom is -0.371 e. The van der Waals surface area contributed by atoms with E-state index < -0.39 is 0 Å². The van der Waals surface area contributed by atoms with Crippen molar-refractivity contribution in [2.45, 2.75) is 37.8 Å². The zero-order valence-electron chi connectivity index (χ0n) is 13.9. The van der Waals surface area contributed by atoms with Crippen molar-refractivity contribution in [1.29, 1.82) is 0 Å². The summed E-state index contributed by atoms with van der Waals surface area (Å²) >= 11 is 0. The molecule has 6 heteroatoms. The first-order chi connectivity index (χ1) is 11.7. The van der Waals surface area contributed by atoms with Crippen LogP contribution in [-0.4, -0.2) is 50.6 Å². The summed E-state index contributed by atoms with van der Waals surface area (Å²) in [5.41, 5.74) is 1.16. The fraction of sp³-hybridized carbons (Fsp3) is 0.500. The molecule has 2 saturated heterocycles. The third kappa shape index (κ3) is 2.82. The fourth-order valence-electron chi connectivity index (χ4n) is 3.88. The van der Waals surface area contributed by atoms with Gasteiger partial charge >= 0.3 is 0 Å². The number of hydrogen-bond donors (Lipinski definition) is 0. The van der Waals surface area contributed by atoms with Crippen LogP contribution in [-0.2, 0) is 4.74 Å². The summed E-state index contributed by atoms with van der Waals surface area (Å²) in [6, 6.07) is 5.89. The molecule has 126 valence electrons. The van der Waals surface area contributed by atoms with Gasteiger partial charge in [-0.25, -0.2) is 9.97 Å². The van der Waals surface area contributed by atoms with E-state index in [-0.39, 0.29) is 11.5 Å². The fourth-order valence-corrected chi connectivity index (χ4v) is 3.88. The Labute approximate surface area is 141 Å². The normalized spacial score (nSPS) is 26.9. The second-order valence-corrected chi connectivity index (χ2v) is 6.86. The number of aromatic nitrogens is 3. The van der Waals surface area contributed by atoms with E-state index in [1.807, 2.05) is 36.5 Å². The van der Waals surface area contributed by atoms with Gasteiger partial charge in [-0.1, -0.05) is 6.07 Å². The van der Waals surface area contributed by atoms with E-state index in [0.29, 0.717) is 24.9 Å². The molecule has 2 atom stereocenters. The predicted octanol–water partition coefficient (Wildman–Crippen LogP) is 2.22. The number of carbonyl (C=O) groups excluding carboxylic acids is 1. The average molecular weight is 326 g/mol. The van der Waals surface area contributed by atoms with Crippen LogP contribution in [0.25, 0.3) is 0 Å². The van der Waals surface area contributed by atoms with Crippen LogP contribution in [0.1, 0.15) is 41.5 Å². The number of hydrogen-bond acceptors (Lipinski definition) is 4. The molecule has 2 aromatic rings. The van der Waals surface area contributed by atoms with Crippen LogP contribution in [0.5, 0.6) is 0 Å². The summed E-state index contributed by atoms with van der Waals surface area (Å²) < 4.78 is 8.30. The van der Waals surface area contributed by atoms with Crippen molar-refractivity contribution in [3.63, 3.8) is 0 Å². The Morgan fingerprint density at radius 2 is 2.33 bits per heavy atom. The Balaban J connectivity index is 1.49. The SMILES string of the molecule is Cc1cccc(C(=O)N2CCC[C@@]3(C[C@H](n4ccnc4)CO3)C2)n1. The van der Waals surface area contributed by atoms with E-state index >= 15 is 0 Å². The van der Waals surface area contributed by atoms with E-state index in [1.165, 1.54) is 0 Å². The topological polar surface area (TPSA) is 60.2 Å². The Morgan fingerprint density at radius 1 is 1.42 bits per heavy atom. The van der Waals surface area contributed by atoms with Gasteiger partial charge in [-0.15, -0.1) is 0 Å². The lowest BCUT2D eigenvalue weighted by atomic mass is 9.88. The van der Waals surface area contributed by atoms with Gasteiger partial charge in [0.25, 0.3) is 5.91 Å². The molecule has 0 unspecified atom stereocenters. The highest BCUT2D eigenvalue weighted by Gasteiger charge is 2.45. The number of carbonyl (C=O) groups is 1. The number of ether oxygens (including phenoxy) is 1. The van der Waals surface area contributed by atoms with Crippen molar-refractivity contribution < 1.29 is 9.53 Å². The number of aryl methyl sites for hydroxylation is 1. The molecule has 0 bridgehead atoms. The van der Waals surface area contributed by atoms with Gasteiger partial charge in [0.05, 0.1) is 31.1 Å². The van der Waals surface area contributed by atoms with Crippen LogP contribution in [0, 0.1) is 6.92 Å². The van der Waals surface area contributed by atoms with Crippen LogP contribution < -0.4 is 0 Å². The molecule has 24 heavy (non-hydrogen) atoms. The van der Waals surface area contributed by atoms with Crippen molar-refractivity contribution in [2.24, 2.45) is 0 Å². The lowest BCUT2D eigenvalue weighted by molar-refractivity contribution is -0.0450. The molecule has 4 rings (SSSR count). The minimum absolute atomic E-state index is 0.00690. The quantitative estimate of drug-likeness (QED) is 0.849. The molecular weight excluding hydrogens is 304 g/mol. The van der Waals surface area contributed by atoms with Gasteiger partial charge in [-0.2, -0.15) is 0 Å². The maximum Gasteiger partial charge on any atom is 0.272 e. The highest BCUT2D eigenvalue weighted by atomic mass is 16.5. The molecule has 0 aromatic carbocycles. The molecule has 1 spiro atoms. The number of pyridine rings is 1. The molecule has 0 radical (unpaired) electrons. The van der Waals surface area contributed by atoms with Crippen LogP contribution in [0.4, 0.5) is 0 Å². The molecule has 0 aliphatic carbocycles. The summed E-state index contributed by atoms with van der Waals surface area (Å²) in [5, 5.41) is 0. The van der Waals surface area contributed by atoms with Crippen LogP contribution in [0.2, 0.25) is 0 Å². The molecule has 2 fully saturated rings. The third-order valence-corrected chi connectivity index (χ3v) is 5.07. The first-order valence-corrected chi connectivity index (χ1v) is 8.50. The van der Waals surface area contributed by atoms with Crippen molar-refractivity contribution in [3.05, 3.63) is 48.3 Å². The Hall–Kier alpha value is -2.21. The summed E-state index contributed by atoms with van der Waals surface area (Å²) in [4.78, 5) is 23.2. The maximum atomic E-state index is 12.8. The monoisotopic (exact) mass is 326 g/mol. The summed E-state index contributed by atoms with van der Waals surface area (Å²) in [6.07, 6.45) is 8.52. The first kappa shape index (κ1) is 15.3. The highest BCUT2D eigenvalue weighted by molar-refractivity contribution is 5.92. The van der Waals surface area contributed by atoms with Gasteiger partial charge < -0.3 is 14.2 Å². The number of nitrogens with zero attached hydrogens (tertiary/aromatic N) is 4. The maximum absolute atomic E-state index is 12.8. The van der Waals surface area contributed by atoms with E-state index in [0.717, 1.165) is 31.5 Å². The zero-order valence-corrected chi connectivity index (χ0v) is 13.9. The van der Waals surface area contributed by atoms with Crippen molar-refractivity contribution in [3.8, 4) is 0 Å². The second-order valence-electron chi connectivity index (χ2n) is 6.86. The van der Waals surface area contributed by atoms with Gasteiger partial charge in [0.1, 0.15) is 5.69 Å². The average Bonchev–Trinajstić information content (AvgIpc) is 3.24. The lowest BCUT2D eigenvalue weighted by Gasteiger charge is -2.39. The number of likely N-dealkylation sites (tertiary alicyclic amines) is 1. The molecule has 6 nitrogen and oxygen atoms in total. The van der Waals surface area contributed by atoms with E-state index in [4.69, 9.17) is 4.74 Å². The molecule has 2 aliphatic heterocycles. The van der Waals surface area contributed by atoms with E-state index in [2.05, 4.69) is 14.5 Å². The predicted molar refractivity (Wildman–Crippen MR) is 88.7 cm³/mol. The molecule has 2 aromatic heterocycles.